The molecule has 0 spiro atoms. The van der Waals surface area contributed by atoms with E-state index in [2.05, 4.69) is 4.98 Å². The van der Waals surface area contributed by atoms with E-state index in [4.69, 9.17) is 20.9 Å². The minimum Gasteiger partial charge on any atom is -0.399 e. The molecule has 0 aliphatic carbocycles. The molecule has 28 heavy (non-hydrogen) atoms. The second-order valence-corrected chi connectivity index (χ2v) is 10.0. The molecule has 4 rings (SSSR count). The Morgan fingerprint density at radius 1 is 1.07 bits per heavy atom. The molecule has 0 unspecified atom stereocenters. The molecule has 2 aromatic heterocycles. The summed E-state index contributed by atoms with van der Waals surface area (Å²) in [5, 5.41) is 0.887. The van der Waals surface area contributed by atoms with Crippen molar-refractivity contribution < 1.29 is 17.7 Å². The van der Waals surface area contributed by atoms with Crippen molar-refractivity contribution in [2.75, 3.05) is 0 Å². The Balaban J connectivity index is 1.92. The maximum Gasteiger partial charge on any atom is 0.497 e. The fraction of sp³-hybridized carbons (Fsp3) is 0.316. The summed E-state index contributed by atoms with van der Waals surface area (Å²) in [4.78, 5) is 4.25. The van der Waals surface area contributed by atoms with Crippen molar-refractivity contribution in [3.8, 4) is 0 Å². The molecule has 1 aliphatic heterocycles. The molecule has 6 nitrogen and oxygen atoms in total. The molecule has 1 saturated heterocycles. The van der Waals surface area contributed by atoms with Crippen molar-refractivity contribution in [1.29, 1.82) is 0 Å². The minimum absolute atomic E-state index is 0.183. The zero-order valence-electron chi connectivity index (χ0n) is 16.0. The quantitative estimate of drug-likeness (QED) is 0.482. The van der Waals surface area contributed by atoms with Crippen LogP contribution in [-0.4, -0.2) is 35.7 Å². The van der Waals surface area contributed by atoms with Gasteiger partial charge in [-0.25, -0.2) is 17.4 Å². The highest BCUT2D eigenvalue weighted by molar-refractivity contribution is 7.90. The van der Waals surface area contributed by atoms with E-state index in [0.717, 1.165) is 0 Å². The Labute approximate surface area is 169 Å². The van der Waals surface area contributed by atoms with Gasteiger partial charge in [-0.15, -0.1) is 0 Å². The lowest BCUT2D eigenvalue weighted by molar-refractivity contribution is 0.00578. The van der Waals surface area contributed by atoms with Gasteiger partial charge in [0.05, 0.1) is 27.8 Å². The third kappa shape index (κ3) is 2.95. The summed E-state index contributed by atoms with van der Waals surface area (Å²) in [5.41, 5.74) is -0.0990. The Bertz CT molecular complexity index is 1140. The summed E-state index contributed by atoms with van der Waals surface area (Å²) < 4.78 is 40.0. The SMILES string of the molecule is CC1(C)OB(c2cn(S(=O)(=O)c3ccccc3)c3cnc(Cl)cc23)OC1(C)C. The van der Waals surface area contributed by atoms with Crippen LogP contribution in [0.2, 0.25) is 5.15 Å². The zero-order chi connectivity index (χ0) is 20.3. The number of aromatic nitrogens is 2. The molecule has 0 amide bonds. The number of nitrogens with zero attached hydrogens (tertiary/aromatic N) is 2. The number of fused-ring (bicyclic) bond motifs is 1. The van der Waals surface area contributed by atoms with Crippen LogP contribution in [0.3, 0.4) is 0 Å². The summed E-state index contributed by atoms with van der Waals surface area (Å²) in [6, 6.07) is 9.88. The molecule has 3 heterocycles. The topological polar surface area (TPSA) is 70.4 Å². The Kier molecular flexibility index (Phi) is 4.39. The number of pyridine rings is 1. The van der Waals surface area contributed by atoms with Crippen molar-refractivity contribution in [3.63, 3.8) is 0 Å². The van der Waals surface area contributed by atoms with E-state index in [1.165, 1.54) is 16.4 Å². The molecule has 0 radical (unpaired) electrons. The molecule has 0 saturated carbocycles. The van der Waals surface area contributed by atoms with Gasteiger partial charge in [0.25, 0.3) is 10.0 Å². The smallest absolute Gasteiger partial charge is 0.399 e. The zero-order valence-corrected chi connectivity index (χ0v) is 17.6. The van der Waals surface area contributed by atoms with Gasteiger partial charge in [-0.3, -0.25) is 0 Å². The second-order valence-electron chi connectivity index (χ2n) is 7.81. The first-order valence-electron chi connectivity index (χ1n) is 8.86. The molecular formula is C19H20BClN2O4S. The molecule has 1 aliphatic rings. The van der Waals surface area contributed by atoms with Crippen molar-refractivity contribution in [2.24, 2.45) is 0 Å². The van der Waals surface area contributed by atoms with E-state index < -0.39 is 28.3 Å². The maximum absolute atomic E-state index is 13.2. The first-order chi connectivity index (χ1) is 13.0. The maximum atomic E-state index is 13.2. The normalized spacial score (nSPS) is 18.7. The molecule has 1 aromatic carbocycles. The third-order valence-electron chi connectivity index (χ3n) is 5.46. The largest absolute Gasteiger partial charge is 0.497 e. The van der Waals surface area contributed by atoms with Gasteiger partial charge in [0, 0.05) is 17.0 Å². The number of benzene rings is 1. The summed E-state index contributed by atoms with van der Waals surface area (Å²) in [6.07, 6.45) is 2.99. The molecule has 0 atom stereocenters. The summed E-state index contributed by atoms with van der Waals surface area (Å²) in [5.74, 6) is 0. The highest BCUT2D eigenvalue weighted by Crippen LogP contribution is 2.37. The Morgan fingerprint density at radius 3 is 2.29 bits per heavy atom. The molecule has 146 valence electrons. The average Bonchev–Trinajstić information content (AvgIpc) is 3.10. The molecule has 3 aromatic rings. The van der Waals surface area contributed by atoms with E-state index in [-0.39, 0.29) is 10.0 Å². The fourth-order valence-corrected chi connectivity index (χ4v) is 4.70. The Hall–Kier alpha value is -1.87. The van der Waals surface area contributed by atoms with Crippen LogP contribution in [0.1, 0.15) is 27.7 Å². The van der Waals surface area contributed by atoms with Crippen LogP contribution in [0.15, 0.2) is 53.7 Å². The molecule has 1 fully saturated rings. The van der Waals surface area contributed by atoms with E-state index in [1.54, 1.807) is 36.4 Å². The predicted octanol–water partition coefficient (Wildman–Crippen LogP) is 3.23. The molecule has 0 N–H and O–H groups in total. The van der Waals surface area contributed by atoms with Gasteiger partial charge in [0.2, 0.25) is 0 Å². The average molecular weight is 419 g/mol. The second kappa shape index (κ2) is 6.32. The van der Waals surface area contributed by atoms with Crippen molar-refractivity contribution >= 4 is 45.1 Å². The van der Waals surface area contributed by atoms with Crippen LogP contribution in [0, 0.1) is 0 Å². The van der Waals surface area contributed by atoms with Crippen LogP contribution in [0.4, 0.5) is 0 Å². The predicted molar refractivity (Wildman–Crippen MR) is 109 cm³/mol. The molecule has 0 bridgehead atoms. The van der Waals surface area contributed by atoms with Gasteiger partial charge < -0.3 is 9.31 Å². The minimum atomic E-state index is -3.82. The van der Waals surface area contributed by atoms with E-state index in [9.17, 15) is 8.42 Å². The summed E-state index contributed by atoms with van der Waals surface area (Å²) in [7, 11) is -4.55. The van der Waals surface area contributed by atoms with Gasteiger partial charge in [0.1, 0.15) is 5.15 Å². The number of halogens is 1. The number of hydrogen-bond donors (Lipinski definition) is 0. The lowest BCUT2D eigenvalue weighted by Gasteiger charge is -2.32. The van der Waals surface area contributed by atoms with Gasteiger partial charge in [-0.1, -0.05) is 29.8 Å². The lowest BCUT2D eigenvalue weighted by atomic mass is 9.79. The van der Waals surface area contributed by atoms with Crippen molar-refractivity contribution in [3.05, 3.63) is 53.9 Å². The van der Waals surface area contributed by atoms with Crippen LogP contribution in [-0.2, 0) is 19.3 Å². The highest BCUT2D eigenvalue weighted by Gasteiger charge is 2.52. The first-order valence-corrected chi connectivity index (χ1v) is 10.7. The van der Waals surface area contributed by atoms with Crippen molar-refractivity contribution in [1.82, 2.24) is 8.96 Å². The Morgan fingerprint density at radius 2 is 1.68 bits per heavy atom. The highest BCUT2D eigenvalue weighted by atomic mass is 35.5. The van der Waals surface area contributed by atoms with Gasteiger partial charge in [0.15, 0.2) is 0 Å². The number of hydrogen-bond acceptors (Lipinski definition) is 5. The lowest BCUT2D eigenvalue weighted by Crippen LogP contribution is -2.41. The fourth-order valence-electron chi connectivity index (χ4n) is 3.16. The van der Waals surface area contributed by atoms with Gasteiger partial charge in [-0.05, 0) is 45.9 Å². The summed E-state index contributed by atoms with van der Waals surface area (Å²) in [6.45, 7) is 7.78. The van der Waals surface area contributed by atoms with Crippen LogP contribution in [0.25, 0.3) is 10.9 Å². The molecular weight excluding hydrogens is 399 g/mol. The van der Waals surface area contributed by atoms with Crippen molar-refractivity contribution in [2.45, 2.75) is 43.8 Å². The van der Waals surface area contributed by atoms with Gasteiger partial charge >= 0.3 is 7.12 Å². The third-order valence-corrected chi connectivity index (χ3v) is 7.36. The number of rotatable bonds is 3. The van der Waals surface area contributed by atoms with Crippen LogP contribution < -0.4 is 5.46 Å². The monoisotopic (exact) mass is 418 g/mol. The van der Waals surface area contributed by atoms with Crippen LogP contribution in [0.5, 0.6) is 0 Å². The van der Waals surface area contributed by atoms with Gasteiger partial charge in [-0.2, -0.15) is 0 Å². The van der Waals surface area contributed by atoms with E-state index in [0.29, 0.717) is 16.4 Å². The van der Waals surface area contributed by atoms with E-state index in [1.807, 2.05) is 27.7 Å². The first kappa shape index (κ1) is 19.5. The molecule has 9 heteroatoms. The van der Waals surface area contributed by atoms with Crippen LogP contribution >= 0.6 is 11.6 Å². The standard InChI is InChI=1S/C19H20BClN2O4S/c1-18(2)19(3,4)27-20(26-18)15-12-23(16-11-22-17(21)10-14(15)16)28(24,25)13-8-6-5-7-9-13/h5-12H,1-4H3. The van der Waals surface area contributed by atoms with E-state index >= 15 is 0 Å². The summed E-state index contributed by atoms with van der Waals surface area (Å²) >= 11 is 6.10.